The summed E-state index contributed by atoms with van der Waals surface area (Å²) in [7, 11) is 1.56. The van der Waals surface area contributed by atoms with Gasteiger partial charge in [-0.2, -0.15) is 0 Å². The van der Waals surface area contributed by atoms with Gasteiger partial charge in [0.05, 0.1) is 13.4 Å². The summed E-state index contributed by atoms with van der Waals surface area (Å²) >= 11 is 0. The van der Waals surface area contributed by atoms with Crippen LogP contribution in [0.15, 0.2) is 12.8 Å². The van der Waals surface area contributed by atoms with Crippen LogP contribution in [0.2, 0.25) is 0 Å². The Bertz CT molecular complexity index is 63.4. The van der Waals surface area contributed by atoms with Crippen molar-refractivity contribution in [1.82, 2.24) is 0 Å². The Kier molecular flexibility index (Phi) is 19.8. The van der Waals surface area contributed by atoms with Gasteiger partial charge in [-0.3, -0.25) is 0 Å². The highest BCUT2D eigenvalue weighted by molar-refractivity contribution is 4.43. The molecule has 12 heavy (non-hydrogen) atoms. The Morgan fingerprint density at radius 2 is 1.33 bits per heavy atom. The highest BCUT2D eigenvalue weighted by Crippen LogP contribution is 2.03. The van der Waals surface area contributed by atoms with Gasteiger partial charge in [0.15, 0.2) is 0 Å². The lowest BCUT2D eigenvalue weighted by Gasteiger charge is -1.93. The highest BCUT2D eigenvalue weighted by atomic mass is 16.5. The van der Waals surface area contributed by atoms with Crippen molar-refractivity contribution in [2.45, 2.75) is 52.4 Å². The van der Waals surface area contributed by atoms with E-state index in [1.165, 1.54) is 44.8 Å². The monoisotopic (exact) mass is 172 g/mol. The molecule has 1 heteroatoms. The maximum Gasteiger partial charge on any atom is 0.0766 e. The van der Waals surface area contributed by atoms with Crippen LogP contribution in [0.4, 0.5) is 0 Å². The SMILES string of the molecule is C=COC.CCCCCCCC. The number of rotatable bonds is 6. The van der Waals surface area contributed by atoms with Crippen LogP contribution < -0.4 is 0 Å². The summed E-state index contributed by atoms with van der Waals surface area (Å²) in [6, 6.07) is 0. The topological polar surface area (TPSA) is 9.23 Å². The van der Waals surface area contributed by atoms with E-state index >= 15 is 0 Å². The van der Waals surface area contributed by atoms with E-state index in [-0.39, 0.29) is 0 Å². The first kappa shape index (κ1) is 14.1. The second-order valence-electron chi connectivity index (χ2n) is 2.82. The maximum absolute atomic E-state index is 4.31. The third-order valence-electron chi connectivity index (χ3n) is 1.62. The predicted molar refractivity (Wildman–Crippen MR) is 56.3 cm³/mol. The molecule has 74 valence electrons. The number of unbranched alkanes of at least 4 members (excludes halogenated alkanes) is 5. The van der Waals surface area contributed by atoms with Crippen LogP contribution in [0.3, 0.4) is 0 Å². The van der Waals surface area contributed by atoms with Gasteiger partial charge in [-0.05, 0) is 0 Å². The lowest BCUT2D eigenvalue weighted by atomic mass is 10.1. The predicted octanol–water partition coefficient (Wildman–Crippen LogP) is 4.14. The summed E-state index contributed by atoms with van der Waals surface area (Å²) in [5.74, 6) is 0. The fraction of sp³-hybridized carbons (Fsp3) is 0.818. The van der Waals surface area contributed by atoms with Crippen LogP contribution in [-0.2, 0) is 4.74 Å². The zero-order valence-corrected chi connectivity index (χ0v) is 8.94. The van der Waals surface area contributed by atoms with Gasteiger partial charge in [0.25, 0.3) is 0 Å². The van der Waals surface area contributed by atoms with Crippen LogP contribution in [0.25, 0.3) is 0 Å². The second kappa shape index (κ2) is 16.9. The second-order valence-corrected chi connectivity index (χ2v) is 2.82. The van der Waals surface area contributed by atoms with Crippen molar-refractivity contribution >= 4 is 0 Å². The van der Waals surface area contributed by atoms with E-state index in [0.717, 1.165) is 0 Å². The number of methoxy groups -OCH3 is 1. The van der Waals surface area contributed by atoms with E-state index in [9.17, 15) is 0 Å². The third-order valence-corrected chi connectivity index (χ3v) is 1.62. The van der Waals surface area contributed by atoms with Crippen LogP contribution in [0.5, 0.6) is 0 Å². The molecular formula is C11H24O. The van der Waals surface area contributed by atoms with Gasteiger partial charge < -0.3 is 4.74 Å². The number of hydrogen-bond donors (Lipinski definition) is 0. The molecule has 0 aliphatic carbocycles. The highest BCUT2D eigenvalue weighted by Gasteiger charge is 1.83. The van der Waals surface area contributed by atoms with Gasteiger partial charge in [0.2, 0.25) is 0 Å². The zero-order chi connectivity index (χ0) is 9.66. The van der Waals surface area contributed by atoms with E-state index in [2.05, 4.69) is 25.2 Å². The molecule has 0 aliphatic heterocycles. The molecule has 1 nitrogen and oxygen atoms in total. The number of hydrogen-bond acceptors (Lipinski definition) is 1. The molecule has 0 fully saturated rings. The molecule has 0 N–H and O–H groups in total. The Hall–Kier alpha value is -0.460. The minimum absolute atomic E-state index is 1.36. The Morgan fingerprint density at radius 1 is 1.00 bits per heavy atom. The van der Waals surface area contributed by atoms with E-state index in [4.69, 9.17) is 0 Å². The first-order valence-corrected chi connectivity index (χ1v) is 4.97. The van der Waals surface area contributed by atoms with Crippen molar-refractivity contribution in [2.24, 2.45) is 0 Å². The summed E-state index contributed by atoms with van der Waals surface area (Å²) < 4.78 is 4.31. The molecule has 0 aromatic rings. The van der Waals surface area contributed by atoms with Crippen LogP contribution in [0, 0.1) is 0 Å². The van der Waals surface area contributed by atoms with Gasteiger partial charge in [-0.15, -0.1) is 0 Å². The number of ether oxygens (including phenoxy) is 1. The quantitative estimate of drug-likeness (QED) is 0.432. The molecule has 0 radical (unpaired) electrons. The first-order valence-electron chi connectivity index (χ1n) is 4.97. The van der Waals surface area contributed by atoms with Crippen LogP contribution in [0.1, 0.15) is 52.4 Å². The van der Waals surface area contributed by atoms with Gasteiger partial charge in [0.1, 0.15) is 0 Å². The first-order chi connectivity index (χ1) is 5.83. The van der Waals surface area contributed by atoms with E-state index in [1.807, 2.05) is 0 Å². The Labute approximate surface area is 77.8 Å². The molecule has 0 saturated carbocycles. The van der Waals surface area contributed by atoms with Gasteiger partial charge in [-0.25, -0.2) is 0 Å². The molecule has 0 bridgehead atoms. The Balaban J connectivity index is 0. The summed E-state index contributed by atoms with van der Waals surface area (Å²) in [5.41, 5.74) is 0. The van der Waals surface area contributed by atoms with Crippen molar-refractivity contribution in [3.05, 3.63) is 12.8 Å². The maximum atomic E-state index is 4.31. The lowest BCUT2D eigenvalue weighted by molar-refractivity contribution is 0.339. The van der Waals surface area contributed by atoms with Crippen molar-refractivity contribution < 1.29 is 4.74 Å². The molecule has 0 unspecified atom stereocenters. The van der Waals surface area contributed by atoms with E-state index in [0.29, 0.717) is 0 Å². The zero-order valence-electron chi connectivity index (χ0n) is 8.94. The molecule has 0 rings (SSSR count). The molecule has 0 heterocycles. The molecular weight excluding hydrogens is 148 g/mol. The summed E-state index contributed by atoms with van der Waals surface area (Å²) in [5, 5.41) is 0. The molecule has 0 spiro atoms. The normalized spacial score (nSPS) is 8.25. The minimum atomic E-state index is 1.36. The Morgan fingerprint density at radius 3 is 1.50 bits per heavy atom. The van der Waals surface area contributed by atoms with Crippen LogP contribution in [-0.4, -0.2) is 7.11 Å². The lowest BCUT2D eigenvalue weighted by Crippen LogP contribution is -1.73. The van der Waals surface area contributed by atoms with Crippen molar-refractivity contribution in [2.75, 3.05) is 7.11 Å². The molecule has 0 amide bonds. The molecule has 0 atom stereocenters. The largest absolute Gasteiger partial charge is 0.505 e. The average Bonchev–Trinajstić information content (AvgIpc) is 2.13. The van der Waals surface area contributed by atoms with Crippen molar-refractivity contribution in [1.29, 1.82) is 0 Å². The molecule has 0 saturated heterocycles. The fourth-order valence-electron chi connectivity index (χ4n) is 0.854. The third kappa shape index (κ3) is 22.7. The fourth-order valence-corrected chi connectivity index (χ4v) is 0.854. The molecule has 0 aromatic carbocycles. The van der Waals surface area contributed by atoms with E-state index < -0.39 is 0 Å². The molecule has 0 aliphatic rings. The summed E-state index contributed by atoms with van der Waals surface area (Å²) in [4.78, 5) is 0. The van der Waals surface area contributed by atoms with E-state index in [1.54, 1.807) is 7.11 Å². The average molecular weight is 172 g/mol. The van der Waals surface area contributed by atoms with Gasteiger partial charge >= 0.3 is 0 Å². The minimum Gasteiger partial charge on any atom is -0.505 e. The summed E-state index contributed by atoms with van der Waals surface area (Å²) in [6.07, 6.45) is 9.86. The molecule has 0 aromatic heterocycles. The van der Waals surface area contributed by atoms with Crippen molar-refractivity contribution in [3.63, 3.8) is 0 Å². The van der Waals surface area contributed by atoms with Crippen LogP contribution >= 0.6 is 0 Å². The van der Waals surface area contributed by atoms with Gasteiger partial charge in [-0.1, -0.05) is 59.0 Å². The summed E-state index contributed by atoms with van der Waals surface area (Å²) in [6.45, 7) is 7.77. The smallest absolute Gasteiger partial charge is 0.0766 e. The van der Waals surface area contributed by atoms with Crippen molar-refractivity contribution in [3.8, 4) is 0 Å². The standard InChI is InChI=1S/C8H18.C3H6O/c1-3-5-7-8-6-4-2;1-3-4-2/h3-8H2,1-2H3;3H,1H2,2H3. The van der Waals surface area contributed by atoms with Gasteiger partial charge in [0, 0.05) is 0 Å².